The van der Waals surface area contributed by atoms with Crippen LogP contribution in [0.4, 0.5) is 11.4 Å². The van der Waals surface area contributed by atoms with E-state index in [0.717, 1.165) is 11.4 Å². The van der Waals surface area contributed by atoms with E-state index >= 15 is 0 Å². The molecule has 1 saturated heterocycles. The second-order valence-corrected chi connectivity index (χ2v) is 10.1. The molecule has 0 saturated carbocycles. The fourth-order valence-electron chi connectivity index (χ4n) is 4.31. The van der Waals surface area contributed by atoms with Crippen LogP contribution in [0.15, 0.2) is 71.6 Å². The van der Waals surface area contributed by atoms with Crippen molar-refractivity contribution in [3.05, 3.63) is 72.3 Å². The number of rotatable bonds is 6. The number of anilines is 2. The van der Waals surface area contributed by atoms with Crippen molar-refractivity contribution in [2.24, 2.45) is 0 Å². The predicted molar refractivity (Wildman–Crippen MR) is 136 cm³/mol. The van der Waals surface area contributed by atoms with Gasteiger partial charge in [0.25, 0.3) is 15.9 Å². The zero-order chi connectivity index (χ0) is 25.1. The van der Waals surface area contributed by atoms with Crippen molar-refractivity contribution in [3.8, 4) is 17.2 Å². The van der Waals surface area contributed by atoms with E-state index in [1.807, 2.05) is 24.3 Å². The summed E-state index contributed by atoms with van der Waals surface area (Å²) < 4.78 is 44.6. The average Bonchev–Trinajstić information content (AvgIpc) is 2.92. The third kappa shape index (κ3) is 4.90. The minimum Gasteiger partial charge on any atom is -0.495 e. The summed E-state index contributed by atoms with van der Waals surface area (Å²) in [6, 6.07) is 18.8. The molecule has 1 fully saturated rings. The number of sulfonamides is 1. The standard InChI is InChI=1S/C26H27N3O6S/c1-33-23-5-3-2-4-22(23)28-12-14-29(15-13-28)26(30)19-6-8-20(9-7-19)27-36(31,32)21-10-11-24-25(18-21)35-17-16-34-24/h2-11,18,27H,12-17H2,1H3. The maximum absolute atomic E-state index is 13.0. The summed E-state index contributed by atoms with van der Waals surface area (Å²) in [6.07, 6.45) is 0. The normalized spacial score (nSPS) is 15.4. The molecule has 5 rings (SSSR count). The lowest BCUT2D eigenvalue weighted by Gasteiger charge is -2.36. The van der Waals surface area contributed by atoms with Crippen molar-refractivity contribution in [2.45, 2.75) is 4.90 Å². The van der Waals surface area contributed by atoms with Gasteiger partial charge in [-0.2, -0.15) is 0 Å². The highest BCUT2D eigenvalue weighted by Gasteiger charge is 2.24. The number of carbonyl (C=O) groups excluding carboxylic acids is 1. The summed E-state index contributed by atoms with van der Waals surface area (Å²) in [4.78, 5) is 17.1. The zero-order valence-electron chi connectivity index (χ0n) is 19.8. The largest absolute Gasteiger partial charge is 0.495 e. The van der Waals surface area contributed by atoms with Crippen molar-refractivity contribution in [1.82, 2.24) is 4.90 Å². The number of fused-ring (bicyclic) bond motifs is 1. The third-order valence-electron chi connectivity index (χ3n) is 6.20. The number of methoxy groups -OCH3 is 1. The summed E-state index contributed by atoms with van der Waals surface area (Å²) in [5, 5.41) is 0. The molecule has 0 aliphatic carbocycles. The minimum atomic E-state index is -3.84. The number of amides is 1. The van der Waals surface area contributed by atoms with Gasteiger partial charge < -0.3 is 24.0 Å². The van der Waals surface area contributed by atoms with Gasteiger partial charge >= 0.3 is 0 Å². The quantitative estimate of drug-likeness (QED) is 0.545. The van der Waals surface area contributed by atoms with E-state index < -0.39 is 10.0 Å². The zero-order valence-corrected chi connectivity index (χ0v) is 20.7. The molecular formula is C26H27N3O6S. The summed E-state index contributed by atoms with van der Waals surface area (Å²) in [5.74, 6) is 1.64. The first-order valence-electron chi connectivity index (χ1n) is 11.6. The Labute approximate surface area is 210 Å². The molecule has 10 heteroatoms. The van der Waals surface area contributed by atoms with E-state index in [1.165, 1.54) is 12.1 Å². The Bertz CT molecular complexity index is 1350. The Kier molecular flexibility index (Phi) is 6.60. The molecule has 0 radical (unpaired) electrons. The van der Waals surface area contributed by atoms with Crippen LogP contribution >= 0.6 is 0 Å². The van der Waals surface area contributed by atoms with Gasteiger partial charge in [0.2, 0.25) is 0 Å². The molecule has 0 atom stereocenters. The fourth-order valence-corrected chi connectivity index (χ4v) is 5.38. The SMILES string of the molecule is COc1ccccc1N1CCN(C(=O)c2ccc(NS(=O)(=O)c3ccc4c(c3)OCCO4)cc2)CC1. The molecule has 1 amide bonds. The van der Waals surface area contributed by atoms with Gasteiger partial charge in [-0.05, 0) is 48.5 Å². The van der Waals surface area contributed by atoms with Crippen LogP contribution in [-0.4, -0.2) is 65.7 Å². The lowest BCUT2D eigenvalue weighted by Crippen LogP contribution is -2.48. The molecule has 3 aromatic rings. The number of benzene rings is 3. The second kappa shape index (κ2) is 9.98. The molecule has 2 heterocycles. The Morgan fingerprint density at radius 1 is 0.889 bits per heavy atom. The van der Waals surface area contributed by atoms with E-state index in [4.69, 9.17) is 14.2 Å². The van der Waals surface area contributed by atoms with Crippen molar-refractivity contribution in [1.29, 1.82) is 0 Å². The van der Waals surface area contributed by atoms with Crippen LogP contribution in [-0.2, 0) is 10.0 Å². The number of nitrogens with one attached hydrogen (secondary N) is 1. The topological polar surface area (TPSA) is 97.4 Å². The van der Waals surface area contributed by atoms with Crippen molar-refractivity contribution in [3.63, 3.8) is 0 Å². The number of hydrogen-bond acceptors (Lipinski definition) is 7. The summed E-state index contributed by atoms with van der Waals surface area (Å²) >= 11 is 0. The summed E-state index contributed by atoms with van der Waals surface area (Å²) in [5.41, 5.74) is 1.88. The van der Waals surface area contributed by atoms with E-state index in [2.05, 4.69) is 9.62 Å². The average molecular weight is 510 g/mol. The molecule has 3 aromatic carbocycles. The molecule has 0 aromatic heterocycles. The smallest absolute Gasteiger partial charge is 0.262 e. The van der Waals surface area contributed by atoms with Crippen LogP contribution in [0.5, 0.6) is 17.2 Å². The third-order valence-corrected chi connectivity index (χ3v) is 7.58. The first-order chi connectivity index (χ1) is 17.4. The molecule has 2 aliphatic heterocycles. The van der Waals surface area contributed by atoms with Gasteiger partial charge in [0.05, 0.1) is 17.7 Å². The van der Waals surface area contributed by atoms with Crippen molar-refractivity contribution >= 4 is 27.3 Å². The highest BCUT2D eigenvalue weighted by Crippen LogP contribution is 2.33. The maximum Gasteiger partial charge on any atom is 0.262 e. The van der Waals surface area contributed by atoms with E-state index in [-0.39, 0.29) is 10.8 Å². The molecular weight excluding hydrogens is 482 g/mol. The van der Waals surface area contributed by atoms with Gasteiger partial charge in [-0.3, -0.25) is 9.52 Å². The van der Waals surface area contributed by atoms with Crippen molar-refractivity contribution < 1.29 is 27.4 Å². The van der Waals surface area contributed by atoms with E-state index in [0.29, 0.717) is 62.1 Å². The lowest BCUT2D eigenvalue weighted by molar-refractivity contribution is 0.0746. The van der Waals surface area contributed by atoms with Gasteiger partial charge in [0.1, 0.15) is 19.0 Å². The number of hydrogen-bond donors (Lipinski definition) is 1. The lowest BCUT2D eigenvalue weighted by atomic mass is 10.1. The Morgan fingerprint density at radius 2 is 1.58 bits per heavy atom. The van der Waals surface area contributed by atoms with Crippen molar-refractivity contribution in [2.75, 3.05) is 56.1 Å². The highest BCUT2D eigenvalue weighted by molar-refractivity contribution is 7.92. The first-order valence-corrected chi connectivity index (χ1v) is 13.1. The van der Waals surface area contributed by atoms with Crippen LogP contribution in [0, 0.1) is 0 Å². The van der Waals surface area contributed by atoms with Crippen LogP contribution in [0.3, 0.4) is 0 Å². The molecule has 2 aliphatic rings. The highest BCUT2D eigenvalue weighted by atomic mass is 32.2. The van der Waals surface area contributed by atoms with Gasteiger partial charge in [0.15, 0.2) is 11.5 Å². The molecule has 0 bridgehead atoms. The fraction of sp³-hybridized carbons (Fsp3) is 0.269. The number of nitrogens with zero attached hydrogens (tertiary/aromatic N) is 2. The van der Waals surface area contributed by atoms with Gasteiger partial charge in [-0.15, -0.1) is 0 Å². The Hall–Kier alpha value is -3.92. The second-order valence-electron chi connectivity index (χ2n) is 8.44. The Morgan fingerprint density at radius 3 is 2.31 bits per heavy atom. The predicted octanol–water partition coefficient (Wildman–Crippen LogP) is 3.23. The molecule has 188 valence electrons. The summed E-state index contributed by atoms with van der Waals surface area (Å²) in [7, 11) is -2.18. The molecule has 0 unspecified atom stereocenters. The number of para-hydroxylation sites is 2. The molecule has 1 N–H and O–H groups in total. The summed E-state index contributed by atoms with van der Waals surface area (Å²) in [6.45, 7) is 3.35. The Balaban J connectivity index is 1.22. The maximum atomic E-state index is 13.0. The molecule has 36 heavy (non-hydrogen) atoms. The van der Waals surface area contributed by atoms with Gasteiger partial charge in [-0.25, -0.2) is 8.42 Å². The van der Waals surface area contributed by atoms with Gasteiger partial charge in [-0.1, -0.05) is 12.1 Å². The van der Waals surface area contributed by atoms with Crippen LogP contribution in [0.25, 0.3) is 0 Å². The minimum absolute atomic E-state index is 0.0693. The van der Waals surface area contributed by atoms with Crippen LogP contribution in [0.1, 0.15) is 10.4 Å². The first kappa shape index (κ1) is 23.8. The number of ether oxygens (including phenoxy) is 3. The monoisotopic (exact) mass is 509 g/mol. The molecule has 0 spiro atoms. The van der Waals surface area contributed by atoms with Crippen LogP contribution < -0.4 is 23.8 Å². The number of piperazine rings is 1. The van der Waals surface area contributed by atoms with Crippen LogP contribution in [0.2, 0.25) is 0 Å². The molecule has 9 nitrogen and oxygen atoms in total. The van der Waals surface area contributed by atoms with Gasteiger partial charge in [0, 0.05) is 43.5 Å². The number of carbonyl (C=O) groups is 1. The van der Waals surface area contributed by atoms with E-state index in [1.54, 1.807) is 42.3 Å². The van der Waals surface area contributed by atoms with E-state index in [9.17, 15) is 13.2 Å².